The van der Waals surface area contributed by atoms with Crippen molar-refractivity contribution < 1.29 is 17.9 Å². The summed E-state index contributed by atoms with van der Waals surface area (Å²) in [7, 11) is -3.28. The van der Waals surface area contributed by atoms with Crippen molar-refractivity contribution in [3.05, 3.63) is 35.9 Å². The summed E-state index contributed by atoms with van der Waals surface area (Å²) >= 11 is 0. The fourth-order valence-electron chi connectivity index (χ4n) is 2.96. The molecule has 1 aromatic carbocycles. The number of hydrogen-bond acceptors (Lipinski definition) is 4. The van der Waals surface area contributed by atoms with Crippen molar-refractivity contribution in [2.75, 3.05) is 39.1 Å². The summed E-state index contributed by atoms with van der Waals surface area (Å²) in [6.07, 6.45) is 4.28. The van der Waals surface area contributed by atoms with Crippen LogP contribution in [0.3, 0.4) is 0 Å². The van der Waals surface area contributed by atoms with E-state index in [2.05, 4.69) is 5.32 Å². The molecule has 140 valence electrons. The van der Waals surface area contributed by atoms with Gasteiger partial charge in [0.15, 0.2) is 0 Å². The molecule has 1 aliphatic heterocycles. The second-order valence-electron chi connectivity index (χ2n) is 6.43. The highest BCUT2D eigenvalue weighted by atomic mass is 32.2. The van der Waals surface area contributed by atoms with Gasteiger partial charge in [-0.05, 0) is 31.2 Å². The molecule has 1 N–H and O–H groups in total. The molecule has 0 radical (unpaired) electrons. The Kier molecular flexibility index (Phi) is 7.87. The first-order valence-electron chi connectivity index (χ1n) is 8.81. The van der Waals surface area contributed by atoms with Crippen LogP contribution < -0.4 is 5.32 Å². The van der Waals surface area contributed by atoms with E-state index >= 15 is 0 Å². The number of carbonyl (C=O) groups is 1. The minimum Gasteiger partial charge on any atom is -0.381 e. The number of aryl methyl sites for hydroxylation is 1. The van der Waals surface area contributed by atoms with Gasteiger partial charge in [0, 0.05) is 38.8 Å². The van der Waals surface area contributed by atoms with Gasteiger partial charge in [0.25, 0.3) is 0 Å². The zero-order valence-corrected chi connectivity index (χ0v) is 15.6. The Bertz CT molecular complexity index is 628. The fourth-order valence-corrected chi connectivity index (χ4v) is 3.84. The highest BCUT2D eigenvalue weighted by Gasteiger charge is 2.22. The normalized spacial score (nSPS) is 16.1. The van der Waals surface area contributed by atoms with Crippen LogP contribution in [0.1, 0.15) is 24.8 Å². The van der Waals surface area contributed by atoms with Gasteiger partial charge in [-0.15, -0.1) is 0 Å². The van der Waals surface area contributed by atoms with Gasteiger partial charge in [0.05, 0.1) is 6.26 Å². The molecule has 1 saturated heterocycles. The van der Waals surface area contributed by atoms with Gasteiger partial charge in [-0.1, -0.05) is 30.3 Å². The van der Waals surface area contributed by atoms with Crippen molar-refractivity contribution in [2.45, 2.75) is 25.7 Å². The number of benzene rings is 1. The van der Waals surface area contributed by atoms with Crippen LogP contribution in [0.2, 0.25) is 0 Å². The second-order valence-corrected chi connectivity index (χ2v) is 8.41. The number of nitrogens with one attached hydrogen (secondary N) is 1. The molecule has 1 aliphatic rings. The molecule has 0 spiro atoms. The summed E-state index contributed by atoms with van der Waals surface area (Å²) in [5.74, 6) is -0.0143. The third kappa shape index (κ3) is 7.13. The summed E-state index contributed by atoms with van der Waals surface area (Å²) in [5, 5.41) is 2.86. The van der Waals surface area contributed by atoms with E-state index in [-0.39, 0.29) is 11.8 Å². The monoisotopic (exact) mass is 368 g/mol. The molecule has 1 amide bonds. The third-order valence-electron chi connectivity index (χ3n) is 4.44. The van der Waals surface area contributed by atoms with Gasteiger partial charge in [0.2, 0.25) is 15.9 Å². The van der Waals surface area contributed by atoms with Crippen LogP contribution in [0.5, 0.6) is 0 Å². The zero-order valence-electron chi connectivity index (χ0n) is 14.8. The van der Waals surface area contributed by atoms with E-state index in [9.17, 15) is 13.2 Å². The first-order valence-corrected chi connectivity index (χ1v) is 10.7. The highest BCUT2D eigenvalue weighted by Crippen LogP contribution is 2.14. The van der Waals surface area contributed by atoms with Crippen molar-refractivity contribution in [2.24, 2.45) is 5.92 Å². The van der Waals surface area contributed by atoms with Crippen LogP contribution in [0, 0.1) is 5.92 Å². The molecule has 0 aliphatic carbocycles. The van der Waals surface area contributed by atoms with E-state index in [1.165, 1.54) is 16.1 Å². The Hall–Kier alpha value is -1.44. The van der Waals surface area contributed by atoms with Crippen molar-refractivity contribution in [1.29, 1.82) is 0 Å². The number of nitrogens with zero attached hydrogens (tertiary/aromatic N) is 1. The molecule has 25 heavy (non-hydrogen) atoms. The van der Waals surface area contributed by atoms with Crippen molar-refractivity contribution in [3.8, 4) is 0 Å². The van der Waals surface area contributed by atoms with Crippen LogP contribution in [0.15, 0.2) is 30.3 Å². The van der Waals surface area contributed by atoms with Gasteiger partial charge in [-0.3, -0.25) is 4.79 Å². The maximum absolute atomic E-state index is 12.1. The number of amides is 1. The predicted molar refractivity (Wildman–Crippen MR) is 97.7 cm³/mol. The first kappa shape index (κ1) is 19.9. The van der Waals surface area contributed by atoms with Crippen LogP contribution in [0.25, 0.3) is 0 Å². The minimum absolute atomic E-state index is 0.000960. The summed E-state index contributed by atoms with van der Waals surface area (Å²) in [6.45, 7) is 2.35. The van der Waals surface area contributed by atoms with E-state index < -0.39 is 10.0 Å². The van der Waals surface area contributed by atoms with Crippen molar-refractivity contribution in [1.82, 2.24) is 9.62 Å². The molecular weight excluding hydrogens is 340 g/mol. The first-order chi connectivity index (χ1) is 12.0. The lowest BCUT2D eigenvalue weighted by Crippen LogP contribution is -2.41. The van der Waals surface area contributed by atoms with E-state index in [0.29, 0.717) is 32.8 Å². The quantitative estimate of drug-likeness (QED) is 0.715. The van der Waals surface area contributed by atoms with Gasteiger partial charge in [-0.25, -0.2) is 12.7 Å². The lowest BCUT2D eigenvalue weighted by molar-refractivity contribution is -0.127. The molecule has 7 heteroatoms. The Morgan fingerprint density at radius 2 is 1.88 bits per heavy atom. The molecule has 0 aromatic heterocycles. The average Bonchev–Trinajstić information content (AvgIpc) is 2.61. The fraction of sp³-hybridized carbons (Fsp3) is 0.611. The molecule has 6 nitrogen and oxygen atoms in total. The van der Waals surface area contributed by atoms with Gasteiger partial charge >= 0.3 is 0 Å². The number of carbonyl (C=O) groups excluding carboxylic acids is 1. The average molecular weight is 368 g/mol. The van der Waals surface area contributed by atoms with Crippen LogP contribution >= 0.6 is 0 Å². The molecule has 1 heterocycles. The van der Waals surface area contributed by atoms with Crippen LogP contribution in [-0.4, -0.2) is 57.7 Å². The van der Waals surface area contributed by atoms with Crippen LogP contribution in [0.4, 0.5) is 0 Å². The molecule has 1 fully saturated rings. The van der Waals surface area contributed by atoms with E-state index in [4.69, 9.17) is 4.74 Å². The van der Waals surface area contributed by atoms with Crippen molar-refractivity contribution >= 4 is 15.9 Å². The molecular formula is C18H28N2O4S. The van der Waals surface area contributed by atoms with E-state index in [1.54, 1.807) is 0 Å². The summed E-state index contributed by atoms with van der Waals surface area (Å²) in [5.41, 5.74) is 1.20. The highest BCUT2D eigenvalue weighted by molar-refractivity contribution is 7.88. The number of hydrogen-bond donors (Lipinski definition) is 1. The topological polar surface area (TPSA) is 75.7 Å². The summed E-state index contributed by atoms with van der Waals surface area (Å²) in [4.78, 5) is 12.1. The zero-order chi connectivity index (χ0) is 18.1. The Morgan fingerprint density at radius 1 is 1.20 bits per heavy atom. The van der Waals surface area contributed by atoms with E-state index in [1.807, 2.05) is 30.3 Å². The largest absolute Gasteiger partial charge is 0.381 e. The smallest absolute Gasteiger partial charge is 0.223 e. The lowest BCUT2D eigenvalue weighted by atomic mass is 9.99. The Labute approximate surface area is 150 Å². The van der Waals surface area contributed by atoms with Crippen LogP contribution in [-0.2, 0) is 26.0 Å². The number of rotatable bonds is 9. The summed E-state index contributed by atoms with van der Waals surface area (Å²) < 4.78 is 30.6. The van der Waals surface area contributed by atoms with Gasteiger partial charge < -0.3 is 10.1 Å². The third-order valence-corrected chi connectivity index (χ3v) is 5.74. The molecule has 2 rings (SSSR count). The molecule has 0 unspecified atom stereocenters. The maximum atomic E-state index is 12.1. The minimum atomic E-state index is -3.28. The molecule has 0 saturated carbocycles. The Morgan fingerprint density at radius 3 is 2.52 bits per heavy atom. The van der Waals surface area contributed by atoms with E-state index in [0.717, 1.165) is 25.7 Å². The summed E-state index contributed by atoms with van der Waals surface area (Å²) in [6, 6.07) is 10.0. The van der Waals surface area contributed by atoms with Gasteiger partial charge in [0.1, 0.15) is 0 Å². The Balaban J connectivity index is 1.75. The predicted octanol–water partition coefficient (Wildman–Crippen LogP) is 1.42. The maximum Gasteiger partial charge on any atom is 0.223 e. The SMILES string of the molecule is CS(=O)(=O)N(CCCc1ccccc1)CCNC(=O)C1CCOCC1. The van der Waals surface area contributed by atoms with Crippen molar-refractivity contribution in [3.63, 3.8) is 0 Å². The number of sulfonamides is 1. The molecule has 0 bridgehead atoms. The molecule has 1 aromatic rings. The molecule has 0 atom stereocenters. The number of ether oxygens (including phenoxy) is 1. The van der Waals surface area contributed by atoms with Gasteiger partial charge in [-0.2, -0.15) is 0 Å². The lowest BCUT2D eigenvalue weighted by Gasteiger charge is -2.23. The standard InChI is InChI=1S/C18H28N2O4S/c1-25(22,23)20(12-5-8-16-6-3-2-4-7-16)13-11-19-18(21)17-9-14-24-15-10-17/h2-4,6-7,17H,5,8-15H2,1H3,(H,19,21). The second kappa shape index (κ2) is 9.89.